The number of imide groups is 1. The second-order valence-corrected chi connectivity index (χ2v) is 19.4. The summed E-state index contributed by atoms with van der Waals surface area (Å²) >= 11 is 0. The summed E-state index contributed by atoms with van der Waals surface area (Å²) in [4.78, 5) is 82.3. The van der Waals surface area contributed by atoms with Crippen molar-refractivity contribution in [1.82, 2.24) is 15.1 Å². The van der Waals surface area contributed by atoms with Gasteiger partial charge in [0.25, 0.3) is 0 Å². The van der Waals surface area contributed by atoms with Crippen LogP contribution < -0.4 is 24.4 Å². The average molecular weight is 1010 g/mol. The van der Waals surface area contributed by atoms with Crippen LogP contribution in [0.3, 0.4) is 0 Å². The molecule has 0 aliphatic carbocycles. The lowest BCUT2D eigenvalue weighted by atomic mass is 9.64. The number of morpholine rings is 1. The highest BCUT2D eigenvalue weighted by molar-refractivity contribution is 6.25. The van der Waals surface area contributed by atoms with Crippen molar-refractivity contribution >= 4 is 35.5 Å². The molecule has 4 amide bonds. The summed E-state index contributed by atoms with van der Waals surface area (Å²) < 4.78 is 28.5. The second kappa shape index (κ2) is 20.4. The first-order chi connectivity index (χ1) is 36.3. The minimum atomic E-state index is -2.13. The van der Waals surface area contributed by atoms with Gasteiger partial charge in [0, 0.05) is 24.2 Å². The van der Waals surface area contributed by atoms with Crippen LogP contribution in [0.1, 0.15) is 76.5 Å². The van der Waals surface area contributed by atoms with Crippen molar-refractivity contribution in [1.29, 1.82) is 0 Å². The van der Waals surface area contributed by atoms with Gasteiger partial charge in [-0.05, 0) is 112 Å². The zero-order valence-corrected chi connectivity index (χ0v) is 42.3. The fourth-order valence-corrected chi connectivity index (χ4v) is 11.5. The molecule has 75 heavy (non-hydrogen) atoms. The van der Waals surface area contributed by atoms with Gasteiger partial charge in [-0.2, -0.15) is 0 Å². The lowest BCUT2D eigenvalue weighted by Gasteiger charge is -2.46. The van der Waals surface area contributed by atoms with Crippen molar-refractivity contribution in [3.63, 3.8) is 0 Å². The molecule has 0 radical (unpaired) electrons. The number of amides is 4. The molecular weight excluding hydrogens is 953 g/mol. The summed E-state index contributed by atoms with van der Waals surface area (Å²) in [5, 5.41) is 13.7. The van der Waals surface area contributed by atoms with E-state index in [4.69, 9.17) is 23.7 Å². The number of urea groups is 1. The summed E-state index contributed by atoms with van der Waals surface area (Å²) in [6.45, 7) is 3.75. The van der Waals surface area contributed by atoms with Gasteiger partial charge < -0.3 is 39.0 Å². The molecule has 4 aliphatic rings. The fraction of sp³-hybridized carbons (Fsp3) is 0.283. The van der Waals surface area contributed by atoms with Gasteiger partial charge in [0.2, 0.25) is 11.8 Å². The number of nitrogens with one attached hydrogen (secondary N) is 1. The maximum atomic E-state index is 16.9. The van der Waals surface area contributed by atoms with E-state index in [1.54, 1.807) is 75.4 Å². The van der Waals surface area contributed by atoms with Crippen LogP contribution in [0.4, 0.5) is 10.5 Å². The molecular formula is C60H56N4O11. The number of cyclic esters (lactones) is 1. The highest BCUT2D eigenvalue weighted by Gasteiger charge is 2.76. The number of ether oxygens (including phenoxy) is 5. The molecule has 1 spiro atoms. The third kappa shape index (κ3) is 8.64. The van der Waals surface area contributed by atoms with Crippen molar-refractivity contribution in [2.45, 2.75) is 62.5 Å². The molecule has 0 saturated carbocycles. The Balaban J connectivity index is 1.26. The summed E-state index contributed by atoms with van der Waals surface area (Å²) in [6, 6.07) is 35.4. The van der Waals surface area contributed by atoms with E-state index in [1.807, 2.05) is 89.8 Å². The predicted molar refractivity (Wildman–Crippen MR) is 277 cm³/mol. The molecule has 10 rings (SSSR count). The van der Waals surface area contributed by atoms with Gasteiger partial charge in [-0.25, -0.2) is 14.5 Å². The minimum absolute atomic E-state index is 0.0633. The molecule has 2 fully saturated rings. The number of anilines is 1. The minimum Gasteiger partial charge on any atom is -0.508 e. The molecule has 0 aromatic heterocycles. The van der Waals surface area contributed by atoms with Crippen LogP contribution in [0.25, 0.3) is 0 Å². The van der Waals surface area contributed by atoms with Crippen LogP contribution in [-0.4, -0.2) is 91.8 Å². The molecule has 0 bridgehead atoms. The maximum absolute atomic E-state index is 16.9. The Labute approximate surface area is 434 Å². The first-order valence-corrected chi connectivity index (χ1v) is 24.8. The molecule has 6 aromatic carbocycles. The first kappa shape index (κ1) is 49.9. The van der Waals surface area contributed by atoms with E-state index in [9.17, 15) is 9.90 Å². The predicted octanol–water partition coefficient (Wildman–Crippen LogP) is 7.98. The van der Waals surface area contributed by atoms with Crippen LogP contribution in [-0.2, 0) is 47.0 Å². The molecule has 4 aliphatic heterocycles. The summed E-state index contributed by atoms with van der Waals surface area (Å²) in [5.74, 6) is 3.16. The number of rotatable bonds is 10. The van der Waals surface area contributed by atoms with E-state index in [1.165, 1.54) is 26.4 Å². The molecule has 7 unspecified atom stereocenters. The molecule has 2 saturated heterocycles. The second-order valence-electron chi connectivity index (χ2n) is 19.4. The monoisotopic (exact) mass is 1010 g/mol. The molecule has 2 N–H and O–H groups in total. The SMILES string of the molecule is COC(=O)C(NC(=O)N1C(=O)C2(c3cc(C#Cc4ccc(OC)cc4)ccc31)C(C(=O)N1CCc3cc(OC)c(OC)cc3C1)C1C(=O)OC(c3ccccc3)C(c3ccccc3)N1C2c1ccc(O)cc1)C(C)C. The van der Waals surface area contributed by atoms with E-state index >= 15 is 19.2 Å². The first-order valence-electron chi connectivity index (χ1n) is 24.8. The lowest BCUT2D eigenvalue weighted by molar-refractivity contribution is -0.179. The van der Waals surface area contributed by atoms with Crippen LogP contribution in [0.2, 0.25) is 0 Å². The Bertz CT molecular complexity index is 3250. The van der Waals surface area contributed by atoms with Gasteiger partial charge in [0.1, 0.15) is 35.1 Å². The lowest BCUT2D eigenvalue weighted by Crippen LogP contribution is -2.58. The Kier molecular flexibility index (Phi) is 13.6. The zero-order chi connectivity index (χ0) is 52.7. The molecule has 382 valence electrons. The number of fused-ring (bicyclic) bond motifs is 4. The third-order valence-electron chi connectivity index (χ3n) is 15.0. The summed E-state index contributed by atoms with van der Waals surface area (Å²) in [5.41, 5.74) is 2.90. The number of carbonyl (C=O) groups is 5. The van der Waals surface area contributed by atoms with Crippen LogP contribution >= 0.6 is 0 Å². The van der Waals surface area contributed by atoms with E-state index in [-0.39, 0.29) is 30.1 Å². The summed E-state index contributed by atoms with van der Waals surface area (Å²) in [6.07, 6.45) is -0.561. The van der Waals surface area contributed by atoms with Crippen LogP contribution in [0.15, 0.2) is 140 Å². The maximum Gasteiger partial charge on any atom is 0.329 e. The number of benzene rings is 6. The van der Waals surface area contributed by atoms with Gasteiger partial charge in [0.15, 0.2) is 11.5 Å². The quantitative estimate of drug-likeness (QED) is 0.100. The Morgan fingerprint density at radius 3 is 1.97 bits per heavy atom. The number of phenols is 1. The molecule has 7 atom stereocenters. The summed E-state index contributed by atoms with van der Waals surface area (Å²) in [7, 11) is 5.88. The number of hydrogen-bond donors (Lipinski definition) is 2. The van der Waals surface area contributed by atoms with Crippen LogP contribution in [0, 0.1) is 23.7 Å². The van der Waals surface area contributed by atoms with Gasteiger partial charge >= 0.3 is 18.0 Å². The topological polar surface area (TPSA) is 173 Å². The van der Waals surface area contributed by atoms with E-state index in [0.717, 1.165) is 21.6 Å². The number of methoxy groups -OCH3 is 4. The van der Waals surface area contributed by atoms with Crippen LogP contribution in [0.5, 0.6) is 23.0 Å². The number of esters is 2. The zero-order valence-electron chi connectivity index (χ0n) is 42.3. The number of hydrogen-bond acceptors (Lipinski definition) is 12. The van der Waals surface area contributed by atoms with E-state index < -0.39 is 77.3 Å². The molecule has 15 nitrogen and oxygen atoms in total. The van der Waals surface area contributed by atoms with E-state index in [2.05, 4.69) is 17.2 Å². The standard InChI is InChI=1S/C60H56N4O11/c1-35(2)50(56(67)74-6)61-59(70)63-46-28-21-37(18-17-36-19-26-44(71-3)27-20-36)31-45(46)60(58(63)69)49(55(66)62-30-29-41-32-47(72-4)48(73-5)33-42(41)34-62)52-57(68)75-53(39-15-11-8-12-16-39)51(38-13-9-7-10-14-38)64(52)54(60)40-22-24-43(65)25-23-40/h7-16,19-28,31-33,35,49-54,65H,29-30,34H2,1-6H3,(H,61,70). The van der Waals surface area contributed by atoms with E-state index in [0.29, 0.717) is 45.9 Å². The number of carbonyl (C=O) groups excluding carboxylic acids is 5. The van der Waals surface area contributed by atoms with Crippen molar-refractivity contribution in [3.8, 4) is 34.8 Å². The molecule has 6 aromatic rings. The van der Waals surface area contributed by atoms with Crippen molar-refractivity contribution in [2.75, 3.05) is 39.9 Å². The normalized spacial score (nSPS) is 22.0. The van der Waals surface area contributed by atoms with Gasteiger partial charge in [0.05, 0.1) is 52.1 Å². The van der Waals surface area contributed by atoms with Crippen molar-refractivity contribution in [3.05, 3.63) is 184 Å². The number of nitrogens with zero attached hydrogens (tertiary/aromatic N) is 3. The highest BCUT2D eigenvalue weighted by Crippen LogP contribution is 2.66. The molecule has 4 heterocycles. The average Bonchev–Trinajstić information content (AvgIpc) is 4.01. The van der Waals surface area contributed by atoms with Gasteiger partial charge in [-0.15, -0.1) is 0 Å². The Hall–Kier alpha value is -8.61. The largest absolute Gasteiger partial charge is 0.508 e. The van der Waals surface area contributed by atoms with Crippen molar-refractivity contribution in [2.24, 2.45) is 11.8 Å². The van der Waals surface area contributed by atoms with Gasteiger partial charge in [-0.1, -0.05) is 98.5 Å². The number of aromatic hydroxyl groups is 1. The molecule has 15 heteroatoms. The highest BCUT2D eigenvalue weighted by atomic mass is 16.6. The number of phenolic OH excluding ortho intramolecular Hbond substituents is 1. The smallest absolute Gasteiger partial charge is 0.329 e. The van der Waals surface area contributed by atoms with Gasteiger partial charge in [-0.3, -0.25) is 19.3 Å². The Morgan fingerprint density at radius 2 is 1.35 bits per heavy atom. The Morgan fingerprint density at radius 1 is 0.720 bits per heavy atom. The fourth-order valence-electron chi connectivity index (χ4n) is 11.5. The van der Waals surface area contributed by atoms with Crippen molar-refractivity contribution < 1.29 is 52.8 Å². The third-order valence-corrected chi connectivity index (χ3v) is 15.0.